The van der Waals surface area contributed by atoms with Crippen LogP contribution in [0.2, 0.25) is 0 Å². The molecule has 2 rings (SSSR count). The normalized spacial score (nSPS) is 16.6. The minimum atomic E-state index is -0.605. The lowest BCUT2D eigenvalue weighted by atomic mass is 10.1. The Balaban J connectivity index is 2.11. The van der Waals surface area contributed by atoms with E-state index in [0.717, 1.165) is 24.2 Å². The van der Waals surface area contributed by atoms with Crippen LogP contribution in [0.3, 0.4) is 0 Å². The molecule has 1 heterocycles. The molecule has 1 aromatic heterocycles. The summed E-state index contributed by atoms with van der Waals surface area (Å²) in [6, 6.07) is 3.56. The van der Waals surface area contributed by atoms with Crippen LogP contribution in [0.15, 0.2) is 18.3 Å². The van der Waals surface area contributed by atoms with Crippen molar-refractivity contribution < 1.29 is 4.79 Å². The number of amides is 1. The number of hydrogen-bond acceptors (Lipinski definition) is 3. The van der Waals surface area contributed by atoms with Gasteiger partial charge in [0.05, 0.1) is 10.4 Å². The predicted molar refractivity (Wildman–Crippen MR) is 66.1 cm³/mol. The molecule has 1 saturated carbocycles. The van der Waals surface area contributed by atoms with Crippen molar-refractivity contribution in [1.29, 1.82) is 0 Å². The zero-order valence-electron chi connectivity index (χ0n) is 8.99. The Labute approximate surface area is 99.2 Å². The Morgan fingerprint density at radius 3 is 2.81 bits per heavy atom. The van der Waals surface area contributed by atoms with Gasteiger partial charge in [-0.15, -0.1) is 0 Å². The lowest BCUT2D eigenvalue weighted by molar-refractivity contribution is -0.118. The summed E-state index contributed by atoms with van der Waals surface area (Å²) in [5.74, 6) is -0.106. The van der Waals surface area contributed by atoms with E-state index in [1.54, 1.807) is 12.3 Å². The number of nitrogens with one attached hydrogen (secondary N) is 1. The van der Waals surface area contributed by atoms with Gasteiger partial charge < -0.3 is 11.1 Å². The molecule has 1 amide bonds. The van der Waals surface area contributed by atoms with Crippen LogP contribution < -0.4 is 11.1 Å². The summed E-state index contributed by atoms with van der Waals surface area (Å²) in [4.78, 5) is 16.3. The first kappa shape index (κ1) is 11.0. The van der Waals surface area contributed by atoms with Gasteiger partial charge in [0.15, 0.2) is 0 Å². The molecule has 0 aromatic carbocycles. The van der Waals surface area contributed by atoms with E-state index in [1.807, 2.05) is 13.0 Å². The summed E-state index contributed by atoms with van der Waals surface area (Å²) in [5, 5.41) is 2.82. The first-order valence-electron chi connectivity index (χ1n) is 5.09. The van der Waals surface area contributed by atoms with E-state index in [0.29, 0.717) is 0 Å². The number of anilines is 1. The number of pyridine rings is 1. The Kier molecular flexibility index (Phi) is 2.63. The van der Waals surface area contributed by atoms with Crippen molar-refractivity contribution in [2.24, 2.45) is 11.1 Å². The van der Waals surface area contributed by atoms with E-state index in [9.17, 15) is 4.79 Å². The van der Waals surface area contributed by atoms with Gasteiger partial charge in [-0.05, 0) is 31.9 Å². The first-order valence-corrected chi connectivity index (χ1v) is 5.49. The molecule has 0 saturated heterocycles. The van der Waals surface area contributed by atoms with E-state index in [4.69, 9.17) is 18.0 Å². The lowest BCUT2D eigenvalue weighted by Crippen LogP contribution is -2.35. The van der Waals surface area contributed by atoms with E-state index < -0.39 is 5.41 Å². The third kappa shape index (κ3) is 1.90. The Morgan fingerprint density at radius 2 is 2.31 bits per heavy atom. The second-order valence-corrected chi connectivity index (χ2v) is 4.53. The number of rotatable bonds is 3. The molecular weight excluding hydrogens is 222 g/mol. The molecule has 1 aliphatic carbocycles. The van der Waals surface area contributed by atoms with Gasteiger partial charge >= 0.3 is 0 Å². The van der Waals surface area contributed by atoms with Crippen LogP contribution in [0, 0.1) is 12.3 Å². The third-order valence-corrected chi connectivity index (χ3v) is 3.20. The molecule has 0 atom stereocenters. The number of thiocarbonyl (C=S) groups is 1. The van der Waals surface area contributed by atoms with Gasteiger partial charge in [0, 0.05) is 17.6 Å². The molecule has 4 nitrogen and oxygen atoms in total. The highest BCUT2D eigenvalue weighted by Crippen LogP contribution is 2.46. The van der Waals surface area contributed by atoms with E-state index in [2.05, 4.69) is 10.3 Å². The van der Waals surface area contributed by atoms with Gasteiger partial charge in [-0.25, -0.2) is 0 Å². The zero-order chi connectivity index (χ0) is 11.8. The number of hydrogen-bond donors (Lipinski definition) is 2. The standard InChI is InChI=1S/C11H13N3OS/c1-7-6-8(2-5-13-7)14-10(15)11(3-4-11)9(12)16/h2,5-6H,3-4H2,1H3,(H2,12,16)(H,13,14,15). The molecular formula is C11H13N3OS. The number of aryl methyl sites for hydroxylation is 1. The number of nitrogens with two attached hydrogens (primary N) is 1. The van der Waals surface area contributed by atoms with Crippen LogP contribution in [0.5, 0.6) is 0 Å². The van der Waals surface area contributed by atoms with Crippen LogP contribution in [-0.4, -0.2) is 15.9 Å². The number of carbonyl (C=O) groups excluding carboxylic acids is 1. The minimum absolute atomic E-state index is 0.106. The van der Waals surface area contributed by atoms with Crippen molar-refractivity contribution in [3.63, 3.8) is 0 Å². The average Bonchev–Trinajstić information content (AvgIpc) is 2.97. The van der Waals surface area contributed by atoms with Crippen molar-refractivity contribution in [3.05, 3.63) is 24.0 Å². The molecule has 1 aliphatic rings. The highest BCUT2D eigenvalue weighted by atomic mass is 32.1. The molecule has 84 valence electrons. The molecule has 1 fully saturated rings. The summed E-state index contributed by atoms with van der Waals surface area (Å²) in [6.45, 7) is 1.87. The first-order chi connectivity index (χ1) is 7.54. The molecule has 5 heteroatoms. The van der Waals surface area contributed by atoms with E-state index in [1.165, 1.54) is 0 Å². The molecule has 0 unspecified atom stereocenters. The number of carbonyl (C=O) groups is 1. The molecule has 0 aliphatic heterocycles. The Hall–Kier alpha value is -1.49. The SMILES string of the molecule is Cc1cc(NC(=O)C2(C(N)=S)CC2)ccn1. The number of nitrogens with zero attached hydrogens (tertiary/aromatic N) is 1. The van der Waals surface area contributed by atoms with Crippen LogP contribution in [0.1, 0.15) is 18.5 Å². The second-order valence-electron chi connectivity index (χ2n) is 4.09. The second kappa shape index (κ2) is 3.83. The largest absolute Gasteiger partial charge is 0.392 e. The zero-order valence-corrected chi connectivity index (χ0v) is 9.80. The maximum Gasteiger partial charge on any atom is 0.237 e. The monoisotopic (exact) mass is 235 g/mol. The molecule has 0 radical (unpaired) electrons. The van der Waals surface area contributed by atoms with Crippen molar-refractivity contribution >= 4 is 28.8 Å². The quantitative estimate of drug-likeness (QED) is 0.777. The van der Waals surface area contributed by atoms with Gasteiger partial charge in [0.2, 0.25) is 5.91 Å². The predicted octanol–water partition coefficient (Wildman–Crippen LogP) is 1.39. The Morgan fingerprint density at radius 1 is 1.62 bits per heavy atom. The summed E-state index contributed by atoms with van der Waals surface area (Å²) in [5.41, 5.74) is 6.57. The average molecular weight is 235 g/mol. The molecule has 3 N–H and O–H groups in total. The van der Waals surface area contributed by atoms with Gasteiger partial charge in [-0.1, -0.05) is 12.2 Å². The topological polar surface area (TPSA) is 68.0 Å². The highest BCUT2D eigenvalue weighted by Gasteiger charge is 2.52. The maximum atomic E-state index is 12.0. The van der Waals surface area contributed by atoms with Crippen LogP contribution >= 0.6 is 12.2 Å². The molecule has 0 spiro atoms. The van der Waals surface area contributed by atoms with Gasteiger partial charge in [0.1, 0.15) is 0 Å². The smallest absolute Gasteiger partial charge is 0.237 e. The van der Waals surface area contributed by atoms with E-state index in [-0.39, 0.29) is 10.9 Å². The highest BCUT2D eigenvalue weighted by molar-refractivity contribution is 7.80. The number of aromatic nitrogens is 1. The fraction of sp³-hybridized carbons (Fsp3) is 0.364. The fourth-order valence-electron chi connectivity index (χ4n) is 1.58. The van der Waals surface area contributed by atoms with Gasteiger partial charge in [-0.2, -0.15) is 0 Å². The van der Waals surface area contributed by atoms with Gasteiger partial charge in [-0.3, -0.25) is 9.78 Å². The van der Waals surface area contributed by atoms with Crippen LogP contribution in [0.4, 0.5) is 5.69 Å². The molecule has 16 heavy (non-hydrogen) atoms. The van der Waals surface area contributed by atoms with E-state index >= 15 is 0 Å². The molecule has 1 aromatic rings. The van der Waals surface area contributed by atoms with Crippen molar-refractivity contribution in [3.8, 4) is 0 Å². The summed E-state index contributed by atoms with van der Waals surface area (Å²) in [7, 11) is 0. The van der Waals surface area contributed by atoms with Crippen molar-refractivity contribution in [1.82, 2.24) is 4.98 Å². The third-order valence-electron chi connectivity index (χ3n) is 2.81. The van der Waals surface area contributed by atoms with Crippen LogP contribution in [0.25, 0.3) is 0 Å². The minimum Gasteiger partial charge on any atom is -0.392 e. The summed E-state index contributed by atoms with van der Waals surface area (Å²) < 4.78 is 0. The van der Waals surface area contributed by atoms with Crippen molar-refractivity contribution in [2.75, 3.05) is 5.32 Å². The summed E-state index contributed by atoms with van der Waals surface area (Å²) >= 11 is 4.92. The Bertz CT molecular complexity index is 454. The maximum absolute atomic E-state index is 12.0. The van der Waals surface area contributed by atoms with Crippen LogP contribution in [-0.2, 0) is 4.79 Å². The fourth-order valence-corrected chi connectivity index (χ4v) is 1.88. The van der Waals surface area contributed by atoms with Crippen molar-refractivity contribution in [2.45, 2.75) is 19.8 Å². The van der Waals surface area contributed by atoms with Gasteiger partial charge in [0.25, 0.3) is 0 Å². The molecule has 0 bridgehead atoms. The lowest BCUT2D eigenvalue weighted by Gasteiger charge is -2.13. The summed E-state index contributed by atoms with van der Waals surface area (Å²) in [6.07, 6.45) is 3.15.